The molecule has 0 aromatic heterocycles. The molecule has 0 fully saturated rings. The van der Waals surface area contributed by atoms with Gasteiger partial charge in [-0.2, -0.15) is 0 Å². The topological polar surface area (TPSA) is 75.6 Å². The van der Waals surface area contributed by atoms with Gasteiger partial charge in [-0.1, -0.05) is 28.1 Å². The third-order valence-corrected chi connectivity index (χ3v) is 3.57. The van der Waals surface area contributed by atoms with Gasteiger partial charge in [-0.05, 0) is 42.8 Å². The second kappa shape index (κ2) is 7.78. The minimum absolute atomic E-state index is 0.0346. The van der Waals surface area contributed by atoms with E-state index in [9.17, 15) is 9.59 Å². The standard InChI is InChI=1S/C17H16BrNO4/c1-11-3-2-4-13(9-11)23-8-7-16(20)19-15-6-5-12(18)10-14(15)17(21)22/h2-6,9-10H,7-8H2,1H3,(H,19,20)(H,21,22). The Morgan fingerprint density at radius 2 is 2.00 bits per heavy atom. The number of aromatic carboxylic acids is 1. The molecule has 2 rings (SSSR count). The number of hydrogen-bond acceptors (Lipinski definition) is 3. The molecule has 0 aliphatic carbocycles. The molecular weight excluding hydrogens is 362 g/mol. The van der Waals surface area contributed by atoms with Crippen molar-refractivity contribution in [1.29, 1.82) is 0 Å². The Labute approximate surface area is 142 Å². The van der Waals surface area contributed by atoms with Crippen LogP contribution in [0.25, 0.3) is 0 Å². The Morgan fingerprint density at radius 3 is 2.70 bits per heavy atom. The van der Waals surface area contributed by atoms with E-state index in [4.69, 9.17) is 9.84 Å². The quantitative estimate of drug-likeness (QED) is 0.801. The molecule has 0 aliphatic heterocycles. The lowest BCUT2D eigenvalue weighted by Crippen LogP contribution is -2.17. The number of carboxylic acids is 1. The fraction of sp³-hybridized carbons (Fsp3) is 0.176. The van der Waals surface area contributed by atoms with Crippen LogP contribution in [0.2, 0.25) is 0 Å². The Morgan fingerprint density at radius 1 is 1.22 bits per heavy atom. The van der Waals surface area contributed by atoms with Crippen LogP contribution in [0.15, 0.2) is 46.9 Å². The first-order chi connectivity index (χ1) is 11.0. The summed E-state index contributed by atoms with van der Waals surface area (Å²) in [6, 6.07) is 12.2. The zero-order chi connectivity index (χ0) is 16.8. The van der Waals surface area contributed by atoms with Crippen LogP contribution in [0.1, 0.15) is 22.3 Å². The zero-order valence-corrected chi connectivity index (χ0v) is 14.1. The minimum atomic E-state index is -1.10. The van der Waals surface area contributed by atoms with Crippen LogP contribution in [0.4, 0.5) is 5.69 Å². The number of rotatable bonds is 6. The van der Waals surface area contributed by atoms with E-state index in [1.54, 1.807) is 12.1 Å². The van der Waals surface area contributed by atoms with Crippen molar-refractivity contribution in [3.63, 3.8) is 0 Å². The van der Waals surface area contributed by atoms with Crippen LogP contribution in [-0.4, -0.2) is 23.6 Å². The number of hydrogen-bond donors (Lipinski definition) is 2. The smallest absolute Gasteiger partial charge is 0.337 e. The molecule has 0 atom stereocenters. The van der Waals surface area contributed by atoms with Gasteiger partial charge in [0.25, 0.3) is 0 Å². The number of aryl methyl sites for hydroxylation is 1. The summed E-state index contributed by atoms with van der Waals surface area (Å²) >= 11 is 3.21. The molecule has 0 aliphatic rings. The third kappa shape index (κ3) is 5.10. The second-order valence-electron chi connectivity index (χ2n) is 4.96. The monoisotopic (exact) mass is 377 g/mol. The van der Waals surface area contributed by atoms with Gasteiger partial charge < -0.3 is 15.2 Å². The molecule has 23 heavy (non-hydrogen) atoms. The van der Waals surface area contributed by atoms with Crippen molar-refractivity contribution in [1.82, 2.24) is 0 Å². The van der Waals surface area contributed by atoms with Crippen LogP contribution in [0.5, 0.6) is 5.75 Å². The highest BCUT2D eigenvalue weighted by atomic mass is 79.9. The van der Waals surface area contributed by atoms with Crippen LogP contribution < -0.4 is 10.1 Å². The van der Waals surface area contributed by atoms with Gasteiger partial charge >= 0.3 is 5.97 Å². The van der Waals surface area contributed by atoms with Crippen molar-refractivity contribution in [2.75, 3.05) is 11.9 Å². The highest BCUT2D eigenvalue weighted by molar-refractivity contribution is 9.10. The Balaban J connectivity index is 1.91. The number of carbonyl (C=O) groups is 2. The van der Waals surface area contributed by atoms with Crippen molar-refractivity contribution in [3.8, 4) is 5.75 Å². The molecule has 0 heterocycles. The maximum Gasteiger partial charge on any atom is 0.337 e. The molecule has 2 aromatic rings. The highest BCUT2D eigenvalue weighted by Gasteiger charge is 2.13. The lowest BCUT2D eigenvalue weighted by atomic mass is 10.2. The number of halogens is 1. The Kier molecular flexibility index (Phi) is 5.76. The number of benzene rings is 2. The van der Waals surface area contributed by atoms with E-state index in [-0.39, 0.29) is 30.2 Å². The van der Waals surface area contributed by atoms with Crippen molar-refractivity contribution < 1.29 is 19.4 Å². The number of amides is 1. The van der Waals surface area contributed by atoms with Crippen LogP contribution >= 0.6 is 15.9 Å². The highest BCUT2D eigenvalue weighted by Crippen LogP contribution is 2.21. The summed E-state index contributed by atoms with van der Waals surface area (Å²) in [7, 11) is 0. The fourth-order valence-electron chi connectivity index (χ4n) is 1.98. The molecule has 0 bridgehead atoms. The summed E-state index contributed by atoms with van der Waals surface area (Å²) in [5, 5.41) is 11.8. The second-order valence-corrected chi connectivity index (χ2v) is 5.87. The van der Waals surface area contributed by atoms with Crippen LogP contribution in [0, 0.1) is 6.92 Å². The first-order valence-electron chi connectivity index (χ1n) is 6.98. The van der Waals surface area contributed by atoms with Gasteiger partial charge in [0.2, 0.25) is 5.91 Å². The number of carboxylic acid groups (broad SMARTS) is 1. The molecule has 0 unspecified atom stereocenters. The van der Waals surface area contributed by atoms with E-state index in [2.05, 4.69) is 21.2 Å². The Hall–Kier alpha value is -2.34. The average Bonchev–Trinajstić information content (AvgIpc) is 2.49. The van der Waals surface area contributed by atoms with Crippen LogP contribution in [-0.2, 0) is 4.79 Å². The zero-order valence-electron chi connectivity index (χ0n) is 12.5. The molecule has 0 saturated carbocycles. The maximum absolute atomic E-state index is 11.9. The first-order valence-corrected chi connectivity index (χ1v) is 7.77. The average molecular weight is 378 g/mol. The van der Waals surface area contributed by atoms with Gasteiger partial charge in [-0.15, -0.1) is 0 Å². The minimum Gasteiger partial charge on any atom is -0.493 e. The van der Waals surface area contributed by atoms with E-state index in [1.165, 1.54) is 6.07 Å². The number of nitrogens with one attached hydrogen (secondary N) is 1. The summed E-state index contributed by atoms with van der Waals surface area (Å²) in [6.07, 6.45) is 0.128. The molecule has 1 amide bonds. The number of carbonyl (C=O) groups excluding carboxylic acids is 1. The van der Waals surface area contributed by atoms with E-state index >= 15 is 0 Å². The SMILES string of the molecule is Cc1cccc(OCCC(=O)Nc2ccc(Br)cc2C(=O)O)c1. The summed E-state index contributed by atoms with van der Waals surface area (Å²) in [4.78, 5) is 23.1. The largest absolute Gasteiger partial charge is 0.493 e. The normalized spacial score (nSPS) is 10.2. The molecule has 120 valence electrons. The predicted octanol–water partition coefficient (Wildman–Crippen LogP) is 3.86. The predicted molar refractivity (Wildman–Crippen MR) is 91.0 cm³/mol. The Bertz CT molecular complexity index is 730. The first kappa shape index (κ1) is 17.0. The van der Waals surface area contributed by atoms with Crippen molar-refractivity contribution in [2.24, 2.45) is 0 Å². The fourth-order valence-corrected chi connectivity index (χ4v) is 2.34. The van der Waals surface area contributed by atoms with Gasteiger partial charge in [0, 0.05) is 4.47 Å². The molecule has 6 heteroatoms. The summed E-state index contributed by atoms with van der Waals surface area (Å²) in [5.41, 5.74) is 1.38. The van der Waals surface area contributed by atoms with E-state index < -0.39 is 5.97 Å². The van der Waals surface area contributed by atoms with Gasteiger partial charge in [-0.25, -0.2) is 4.79 Å². The molecule has 0 radical (unpaired) electrons. The van der Waals surface area contributed by atoms with Crippen LogP contribution in [0.3, 0.4) is 0 Å². The lowest BCUT2D eigenvalue weighted by molar-refractivity contribution is -0.116. The van der Waals surface area contributed by atoms with Gasteiger partial charge in [-0.3, -0.25) is 4.79 Å². The molecule has 2 aromatic carbocycles. The van der Waals surface area contributed by atoms with E-state index in [1.807, 2.05) is 31.2 Å². The summed E-state index contributed by atoms with van der Waals surface area (Å²) < 4.78 is 6.14. The van der Waals surface area contributed by atoms with Gasteiger partial charge in [0.15, 0.2) is 0 Å². The maximum atomic E-state index is 11.9. The molecule has 2 N–H and O–H groups in total. The summed E-state index contributed by atoms with van der Waals surface area (Å²) in [5.74, 6) is -0.701. The third-order valence-electron chi connectivity index (χ3n) is 3.07. The van der Waals surface area contributed by atoms with Gasteiger partial charge in [0.1, 0.15) is 5.75 Å². The number of ether oxygens (including phenoxy) is 1. The van der Waals surface area contributed by atoms with Crippen molar-refractivity contribution >= 4 is 33.5 Å². The molecule has 5 nitrogen and oxygen atoms in total. The molecule has 0 saturated heterocycles. The van der Waals surface area contributed by atoms with E-state index in [0.29, 0.717) is 10.2 Å². The number of anilines is 1. The lowest BCUT2D eigenvalue weighted by Gasteiger charge is -2.10. The van der Waals surface area contributed by atoms with Crippen molar-refractivity contribution in [3.05, 3.63) is 58.1 Å². The van der Waals surface area contributed by atoms with E-state index in [0.717, 1.165) is 5.56 Å². The summed E-state index contributed by atoms with van der Waals surface area (Å²) in [6.45, 7) is 2.18. The molecule has 0 spiro atoms. The molecular formula is C17H16BrNO4. The van der Waals surface area contributed by atoms with Gasteiger partial charge in [0.05, 0.1) is 24.3 Å². The van der Waals surface area contributed by atoms with Crippen molar-refractivity contribution in [2.45, 2.75) is 13.3 Å².